The zero-order chi connectivity index (χ0) is 20.0. The van der Waals surface area contributed by atoms with E-state index in [1.54, 1.807) is 36.4 Å². The maximum Gasteiger partial charge on any atom is 0.272 e. The molecule has 0 unspecified atom stereocenters. The van der Waals surface area contributed by atoms with Gasteiger partial charge < -0.3 is 9.88 Å². The highest BCUT2D eigenvalue weighted by atomic mass is 16.2. The third-order valence-corrected chi connectivity index (χ3v) is 6.35. The molecular weight excluding hydrogens is 368 g/mol. The molecule has 1 aliphatic carbocycles. The number of carbonyl (C=O) groups is 1. The van der Waals surface area contributed by atoms with E-state index >= 15 is 0 Å². The highest BCUT2D eigenvalue weighted by molar-refractivity contribution is 5.92. The number of aryl methyl sites for hydroxylation is 1. The van der Waals surface area contributed by atoms with Gasteiger partial charge in [-0.15, -0.1) is 0 Å². The van der Waals surface area contributed by atoms with Crippen LogP contribution < -0.4 is 5.56 Å². The molecule has 0 bridgehead atoms. The molecule has 0 atom stereocenters. The molecule has 1 fully saturated rings. The number of hydrogen-bond acceptors (Lipinski definition) is 5. The van der Waals surface area contributed by atoms with Gasteiger partial charge in [-0.05, 0) is 43.9 Å². The van der Waals surface area contributed by atoms with Gasteiger partial charge in [0, 0.05) is 55.3 Å². The van der Waals surface area contributed by atoms with Gasteiger partial charge in [-0.25, -0.2) is 4.98 Å². The van der Waals surface area contributed by atoms with Crippen LogP contribution in [0.25, 0.3) is 11.4 Å². The number of aromatic amines is 1. The Bertz CT molecular complexity index is 1130. The molecule has 1 N–H and O–H groups in total. The molecule has 2 aliphatic rings. The van der Waals surface area contributed by atoms with Crippen LogP contribution in [0.1, 0.15) is 41.0 Å². The van der Waals surface area contributed by atoms with Crippen LogP contribution in [-0.4, -0.2) is 48.6 Å². The summed E-state index contributed by atoms with van der Waals surface area (Å²) in [5, 5.41) is 4.10. The molecule has 8 heteroatoms. The first kappa shape index (κ1) is 17.8. The maximum atomic E-state index is 12.8. The summed E-state index contributed by atoms with van der Waals surface area (Å²) in [6.45, 7) is 1.31. The molecule has 0 aromatic carbocycles. The second-order valence-electron chi connectivity index (χ2n) is 7.90. The van der Waals surface area contributed by atoms with E-state index in [4.69, 9.17) is 4.98 Å². The minimum Gasteiger partial charge on any atom is -0.337 e. The summed E-state index contributed by atoms with van der Waals surface area (Å²) < 4.78 is 1.61. The highest BCUT2D eigenvalue weighted by Crippen LogP contribution is 2.44. The van der Waals surface area contributed by atoms with Gasteiger partial charge in [-0.3, -0.25) is 19.3 Å². The Kier molecular flexibility index (Phi) is 4.08. The second-order valence-corrected chi connectivity index (χ2v) is 7.90. The van der Waals surface area contributed by atoms with Gasteiger partial charge in [-0.1, -0.05) is 0 Å². The fourth-order valence-electron chi connectivity index (χ4n) is 4.66. The Morgan fingerprint density at radius 3 is 2.69 bits per heavy atom. The normalized spacial score (nSPS) is 17.5. The van der Waals surface area contributed by atoms with Crippen LogP contribution in [0.5, 0.6) is 0 Å². The van der Waals surface area contributed by atoms with Crippen molar-refractivity contribution in [2.75, 3.05) is 13.1 Å². The first-order valence-electron chi connectivity index (χ1n) is 9.89. The molecule has 0 radical (unpaired) electrons. The number of piperidine rings is 1. The Labute approximate surface area is 167 Å². The van der Waals surface area contributed by atoms with Crippen LogP contribution in [0, 0.1) is 0 Å². The minimum atomic E-state index is -0.135. The molecular formula is C21H22N6O2. The van der Waals surface area contributed by atoms with Crippen LogP contribution in [0.2, 0.25) is 0 Å². The quantitative estimate of drug-likeness (QED) is 0.718. The Balaban J connectivity index is 1.43. The monoisotopic (exact) mass is 390 g/mol. The van der Waals surface area contributed by atoms with Crippen LogP contribution in [-0.2, 0) is 18.9 Å². The Hall–Kier alpha value is -3.29. The summed E-state index contributed by atoms with van der Waals surface area (Å²) in [6, 6.07) is 5.48. The van der Waals surface area contributed by atoms with Crippen molar-refractivity contribution in [3.05, 3.63) is 64.1 Å². The van der Waals surface area contributed by atoms with Crippen molar-refractivity contribution >= 4 is 5.91 Å². The van der Waals surface area contributed by atoms with Crippen LogP contribution in [0.4, 0.5) is 0 Å². The van der Waals surface area contributed by atoms with Crippen molar-refractivity contribution in [1.29, 1.82) is 0 Å². The van der Waals surface area contributed by atoms with Crippen molar-refractivity contribution in [3.63, 3.8) is 0 Å². The topological polar surface area (TPSA) is 96.8 Å². The average Bonchev–Trinajstić information content (AvgIpc) is 3.33. The third kappa shape index (κ3) is 2.86. The van der Waals surface area contributed by atoms with E-state index in [-0.39, 0.29) is 16.9 Å². The number of fused-ring (bicyclic) bond motifs is 2. The fraction of sp³-hybridized carbons (Fsp3) is 0.381. The molecule has 3 aromatic heterocycles. The van der Waals surface area contributed by atoms with Crippen LogP contribution in [0.15, 0.2) is 41.6 Å². The summed E-state index contributed by atoms with van der Waals surface area (Å²) >= 11 is 0. The molecule has 1 saturated heterocycles. The number of H-pyrrole nitrogens is 1. The lowest BCUT2D eigenvalue weighted by Gasteiger charge is -2.39. The lowest BCUT2D eigenvalue weighted by molar-refractivity contribution is 0.0652. The first-order valence-corrected chi connectivity index (χ1v) is 9.89. The largest absolute Gasteiger partial charge is 0.337 e. The smallest absolute Gasteiger partial charge is 0.272 e. The van der Waals surface area contributed by atoms with Crippen molar-refractivity contribution < 1.29 is 4.79 Å². The summed E-state index contributed by atoms with van der Waals surface area (Å²) in [6.07, 6.45) is 8.32. The van der Waals surface area contributed by atoms with Gasteiger partial charge in [0.05, 0.1) is 5.69 Å². The van der Waals surface area contributed by atoms with Crippen molar-refractivity contribution in [1.82, 2.24) is 29.6 Å². The van der Waals surface area contributed by atoms with Crippen LogP contribution >= 0.6 is 0 Å². The number of likely N-dealkylation sites (tertiary alicyclic amines) is 1. The van der Waals surface area contributed by atoms with Gasteiger partial charge >= 0.3 is 0 Å². The molecule has 0 saturated carbocycles. The molecule has 1 spiro atoms. The number of pyridine rings is 1. The summed E-state index contributed by atoms with van der Waals surface area (Å²) in [7, 11) is 1.78. The predicted molar refractivity (Wildman–Crippen MR) is 106 cm³/mol. The zero-order valence-corrected chi connectivity index (χ0v) is 16.3. The van der Waals surface area contributed by atoms with Gasteiger partial charge in [0.1, 0.15) is 11.5 Å². The standard InChI is InChI=1S/C21H22N6O2/c1-26-16(5-10-23-26)20(29)27-11-7-21(8-12-27)6-4-15-17(21)24-18(25-19(15)28)14-3-2-9-22-13-14/h2-3,5,9-10,13H,4,6-8,11-12H2,1H3,(H,24,25,28). The fourth-order valence-corrected chi connectivity index (χ4v) is 4.66. The van der Waals surface area contributed by atoms with E-state index in [0.29, 0.717) is 24.6 Å². The van der Waals surface area contributed by atoms with Gasteiger partial charge in [-0.2, -0.15) is 5.10 Å². The van der Waals surface area contributed by atoms with Crippen LogP contribution in [0.3, 0.4) is 0 Å². The van der Waals surface area contributed by atoms with Crippen molar-refractivity contribution in [3.8, 4) is 11.4 Å². The predicted octanol–water partition coefficient (Wildman–Crippen LogP) is 1.69. The second kappa shape index (κ2) is 6.65. The summed E-state index contributed by atoms with van der Waals surface area (Å²) in [5.41, 5.74) is 2.92. The number of carbonyl (C=O) groups excluding carboxylic acids is 1. The van der Waals surface area contributed by atoms with E-state index in [1.165, 1.54) is 0 Å². The van der Waals surface area contributed by atoms with E-state index in [9.17, 15) is 9.59 Å². The van der Waals surface area contributed by atoms with Gasteiger partial charge in [0.2, 0.25) is 0 Å². The maximum absolute atomic E-state index is 12.8. The lowest BCUT2D eigenvalue weighted by Crippen LogP contribution is -2.45. The van der Waals surface area contributed by atoms with Gasteiger partial charge in [0.15, 0.2) is 0 Å². The zero-order valence-electron chi connectivity index (χ0n) is 16.3. The first-order chi connectivity index (χ1) is 14.1. The number of hydrogen-bond donors (Lipinski definition) is 1. The Morgan fingerprint density at radius 1 is 1.17 bits per heavy atom. The number of rotatable bonds is 2. The van der Waals surface area contributed by atoms with Crippen molar-refractivity contribution in [2.45, 2.75) is 31.1 Å². The third-order valence-electron chi connectivity index (χ3n) is 6.35. The number of amides is 1. The molecule has 1 aliphatic heterocycles. The minimum absolute atomic E-state index is 0.00740. The molecule has 1 amide bonds. The molecule has 29 heavy (non-hydrogen) atoms. The highest BCUT2D eigenvalue weighted by Gasteiger charge is 2.44. The lowest BCUT2D eigenvalue weighted by atomic mass is 9.76. The average molecular weight is 390 g/mol. The van der Waals surface area contributed by atoms with Crippen molar-refractivity contribution in [2.24, 2.45) is 7.05 Å². The summed E-state index contributed by atoms with van der Waals surface area (Å²) in [4.78, 5) is 39.3. The number of aromatic nitrogens is 5. The van der Waals surface area contributed by atoms with E-state index in [1.807, 2.05) is 17.0 Å². The van der Waals surface area contributed by atoms with Gasteiger partial charge in [0.25, 0.3) is 11.5 Å². The molecule has 148 valence electrons. The van der Waals surface area contributed by atoms with E-state index < -0.39 is 0 Å². The SMILES string of the molecule is Cn1nccc1C(=O)N1CCC2(CCc3c2nc(-c2cccnc2)[nH]c3=O)CC1. The summed E-state index contributed by atoms with van der Waals surface area (Å²) in [5.74, 6) is 0.574. The molecule has 8 nitrogen and oxygen atoms in total. The van der Waals surface area contributed by atoms with E-state index in [0.717, 1.165) is 42.5 Å². The molecule has 5 rings (SSSR count). The number of nitrogens with zero attached hydrogens (tertiary/aromatic N) is 5. The molecule has 4 heterocycles. The Morgan fingerprint density at radius 2 is 2.00 bits per heavy atom. The van der Waals surface area contributed by atoms with E-state index in [2.05, 4.69) is 15.1 Å². The number of nitrogens with one attached hydrogen (secondary N) is 1. The molecule has 3 aromatic rings.